The lowest BCUT2D eigenvalue weighted by molar-refractivity contribution is 0.0683. The van der Waals surface area contributed by atoms with Crippen molar-refractivity contribution in [2.45, 2.75) is 6.92 Å². The monoisotopic (exact) mass is 214 g/mol. The number of hydrogen-bond donors (Lipinski definition) is 1. The van der Waals surface area contributed by atoms with E-state index in [1.54, 1.807) is 13.0 Å². The van der Waals surface area contributed by atoms with Crippen LogP contribution in [0.5, 0.6) is 0 Å². The van der Waals surface area contributed by atoms with E-state index >= 15 is 0 Å². The second kappa shape index (κ2) is 4.10. The topological polar surface area (TPSA) is 63.1 Å². The van der Waals surface area contributed by atoms with E-state index in [2.05, 4.69) is 9.97 Å². The Kier molecular flexibility index (Phi) is 2.64. The molecule has 1 aromatic heterocycles. The van der Waals surface area contributed by atoms with E-state index in [0.717, 1.165) is 5.56 Å². The molecule has 0 radical (unpaired) electrons. The van der Waals surface area contributed by atoms with E-state index in [-0.39, 0.29) is 5.82 Å². The summed E-state index contributed by atoms with van der Waals surface area (Å²) in [5.74, 6) is -1.28. The minimum Gasteiger partial charge on any atom is -0.475 e. The molecule has 0 bridgehead atoms. The Morgan fingerprint density at radius 1 is 1.19 bits per heavy atom. The molecule has 0 saturated heterocycles. The summed E-state index contributed by atoms with van der Waals surface area (Å²) in [6.07, 6.45) is 0. The molecule has 4 heteroatoms. The molecule has 0 aliphatic rings. The first-order chi connectivity index (χ1) is 7.66. The van der Waals surface area contributed by atoms with Crippen molar-refractivity contribution in [3.63, 3.8) is 0 Å². The molecule has 1 N–H and O–H groups in total. The lowest BCUT2D eigenvalue weighted by Crippen LogP contribution is -2.06. The maximum absolute atomic E-state index is 10.8. The van der Waals surface area contributed by atoms with Gasteiger partial charge in [-0.1, -0.05) is 30.3 Å². The fourth-order valence-electron chi connectivity index (χ4n) is 1.42. The molecular weight excluding hydrogens is 204 g/mol. The van der Waals surface area contributed by atoms with Gasteiger partial charge in [-0.05, 0) is 13.0 Å². The molecule has 1 aromatic carbocycles. The minimum atomic E-state index is -1.11. The van der Waals surface area contributed by atoms with Gasteiger partial charge in [0.05, 0.1) is 5.69 Å². The van der Waals surface area contributed by atoms with Gasteiger partial charge < -0.3 is 5.11 Å². The molecule has 0 fully saturated rings. The van der Waals surface area contributed by atoms with Crippen molar-refractivity contribution < 1.29 is 9.90 Å². The van der Waals surface area contributed by atoms with E-state index < -0.39 is 5.97 Å². The van der Waals surface area contributed by atoms with E-state index in [1.807, 2.05) is 30.3 Å². The fourth-order valence-corrected chi connectivity index (χ4v) is 1.42. The third-order valence-electron chi connectivity index (χ3n) is 2.12. The summed E-state index contributed by atoms with van der Waals surface area (Å²) in [5.41, 5.74) is 2.16. The zero-order valence-corrected chi connectivity index (χ0v) is 8.71. The molecule has 2 aromatic rings. The number of hydrogen-bond acceptors (Lipinski definition) is 3. The largest absolute Gasteiger partial charge is 0.475 e. The Balaban J connectivity index is 2.54. The Morgan fingerprint density at radius 2 is 1.88 bits per heavy atom. The van der Waals surface area contributed by atoms with E-state index in [4.69, 9.17) is 5.11 Å². The molecule has 0 aliphatic heterocycles. The first kappa shape index (κ1) is 10.3. The van der Waals surface area contributed by atoms with Crippen LogP contribution in [0, 0.1) is 6.92 Å². The first-order valence-corrected chi connectivity index (χ1v) is 4.81. The van der Waals surface area contributed by atoms with E-state index in [0.29, 0.717) is 11.4 Å². The highest BCUT2D eigenvalue weighted by atomic mass is 16.4. The van der Waals surface area contributed by atoms with E-state index in [9.17, 15) is 4.79 Å². The molecule has 4 nitrogen and oxygen atoms in total. The van der Waals surface area contributed by atoms with E-state index in [1.165, 1.54) is 0 Å². The zero-order chi connectivity index (χ0) is 11.5. The number of rotatable bonds is 2. The van der Waals surface area contributed by atoms with Crippen LogP contribution in [0.15, 0.2) is 36.4 Å². The van der Waals surface area contributed by atoms with Crippen molar-refractivity contribution >= 4 is 5.97 Å². The second-order valence-corrected chi connectivity index (χ2v) is 3.39. The van der Waals surface area contributed by atoms with Gasteiger partial charge in [-0.2, -0.15) is 0 Å². The van der Waals surface area contributed by atoms with Crippen LogP contribution >= 0.6 is 0 Å². The highest BCUT2D eigenvalue weighted by Crippen LogP contribution is 2.16. The average molecular weight is 214 g/mol. The van der Waals surface area contributed by atoms with Gasteiger partial charge in [0.25, 0.3) is 0 Å². The van der Waals surface area contributed by atoms with Gasteiger partial charge in [0.15, 0.2) is 0 Å². The summed E-state index contributed by atoms with van der Waals surface area (Å²) in [4.78, 5) is 18.7. The fraction of sp³-hybridized carbons (Fsp3) is 0.0833. The summed E-state index contributed by atoms with van der Waals surface area (Å²) in [7, 11) is 0. The number of carboxylic acid groups (broad SMARTS) is 1. The number of carbonyl (C=O) groups is 1. The van der Waals surface area contributed by atoms with Crippen LogP contribution in [0.3, 0.4) is 0 Å². The van der Waals surface area contributed by atoms with Crippen molar-refractivity contribution in [1.29, 1.82) is 0 Å². The van der Waals surface area contributed by atoms with Crippen LogP contribution in [0.1, 0.15) is 16.3 Å². The van der Waals surface area contributed by atoms with Crippen molar-refractivity contribution in [1.82, 2.24) is 9.97 Å². The van der Waals surface area contributed by atoms with Gasteiger partial charge in [-0.15, -0.1) is 0 Å². The number of nitrogens with zero attached hydrogens (tertiary/aromatic N) is 2. The maximum atomic E-state index is 10.8. The SMILES string of the molecule is Cc1cc(-c2ccccc2)nc(C(=O)O)n1. The van der Waals surface area contributed by atoms with Crippen LogP contribution in [0.4, 0.5) is 0 Å². The number of aryl methyl sites for hydroxylation is 1. The molecule has 1 heterocycles. The molecule has 0 aliphatic carbocycles. The third-order valence-corrected chi connectivity index (χ3v) is 2.12. The second-order valence-electron chi connectivity index (χ2n) is 3.39. The highest BCUT2D eigenvalue weighted by molar-refractivity contribution is 5.84. The van der Waals surface area contributed by atoms with Gasteiger partial charge in [-0.25, -0.2) is 14.8 Å². The standard InChI is InChI=1S/C12H10N2O2/c1-8-7-10(9-5-3-2-4-6-9)14-11(13-8)12(15)16/h2-7H,1H3,(H,15,16). The van der Waals surface area contributed by atoms with Crippen LogP contribution in [0.2, 0.25) is 0 Å². The van der Waals surface area contributed by atoms with Crippen LogP contribution in [-0.2, 0) is 0 Å². The predicted molar refractivity (Wildman–Crippen MR) is 59.2 cm³/mol. The molecule has 2 rings (SSSR count). The third kappa shape index (κ3) is 2.06. The smallest absolute Gasteiger partial charge is 0.373 e. The lowest BCUT2D eigenvalue weighted by atomic mass is 10.1. The normalized spacial score (nSPS) is 10.1. The molecule has 0 atom stereocenters. The van der Waals surface area contributed by atoms with Crippen LogP contribution < -0.4 is 0 Å². The van der Waals surface area contributed by atoms with Gasteiger partial charge in [-0.3, -0.25) is 0 Å². The minimum absolute atomic E-state index is 0.168. The summed E-state index contributed by atoms with van der Waals surface area (Å²) in [6, 6.07) is 11.2. The quantitative estimate of drug-likeness (QED) is 0.831. The summed E-state index contributed by atoms with van der Waals surface area (Å²) in [6.45, 7) is 1.75. The molecular formula is C12H10N2O2. The molecule has 0 saturated carbocycles. The van der Waals surface area contributed by atoms with Crippen molar-refractivity contribution in [3.05, 3.63) is 47.9 Å². The van der Waals surface area contributed by atoms with Gasteiger partial charge in [0, 0.05) is 11.3 Å². The number of aromatic nitrogens is 2. The average Bonchev–Trinajstić information content (AvgIpc) is 2.29. The molecule has 0 unspecified atom stereocenters. The molecule has 16 heavy (non-hydrogen) atoms. The van der Waals surface area contributed by atoms with Gasteiger partial charge >= 0.3 is 5.97 Å². The predicted octanol–water partition coefficient (Wildman–Crippen LogP) is 2.15. The number of aromatic carboxylic acids is 1. The zero-order valence-electron chi connectivity index (χ0n) is 8.71. The Hall–Kier alpha value is -2.23. The molecule has 0 amide bonds. The van der Waals surface area contributed by atoms with Crippen molar-refractivity contribution in [3.8, 4) is 11.3 Å². The Labute approximate surface area is 92.6 Å². The van der Waals surface area contributed by atoms with Gasteiger partial charge in [0.1, 0.15) is 0 Å². The molecule has 80 valence electrons. The lowest BCUT2D eigenvalue weighted by Gasteiger charge is -2.03. The van der Waals surface area contributed by atoms with Crippen LogP contribution in [0.25, 0.3) is 11.3 Å². The van der Waals surface area contributed by atoms with Crippen molar-refractivity contribution in [2.75, 3.05) is 0 Å². The van der Waals surface area contributed by atoms with Crippen LogP contribution in [-0.4, -0.2) is 21.0 Å². The maximum Gasteiger partial charge on any atom is 0.373 e. The number of benzene rings is 1. The van der Waals surface area contributed by atoms with Gasteiger partial charge in [0.2, 0.25) is 5.82 Å². The summed E-state index contributed by atoms with van der Waals surface area (Å²) in [5, 5.41) is 8.86. The first-order valence-electron chi connectivity index (χ1n) is 4.81. The Morgan fingerprint density at radius 3 is 2.50 bits per heavy atom. The summed E-state index contributed by atoms with van der Waals surface area (Å²) >= 11 is 0. The Bertz CT molecular complexity index is 524. The summed E-state index contributed by atoms with van der Waals surface area (Å²) < 4.78 is 0. The van der Waals surface area contributed by atoms with Crippen molar-refractivity contribution in [2.24, 2.45) is 0 Å². The number of carboxylic acids is 1. The molecule has 0 spiro atoms. The highest BCUT2D eigenvalue weighted by Gasteiger charge is 2.09.